The average Bonchev–Trinajstić information content (AvgIpc) is 2.84. The van der Waals surface area contributed by atoms with Crippen molar-refractivity contribution in [2.75, 3.05) is 7.11 Å². The van der Waals surface area contributed by atoms with E-state index in [0.29, 0.717) is 11.4 Å². The van der Waals surface area contributed by atoms with Gasteiger partial charge in [0.1, 0.15) is 5.69 Å². The van der Waals surface area contributed by atoms with Gasteiger partial charge in [-0.25, -0.2) is 4.68 Å². The van der Waals surface area contributed by atoms with Crippen LogP contribution in [-0.2, 0) is 7.05 Å². The number of nitrogens with zero attached hydrogens (tertiary/aromatic N) is 4. The van der Waals surface area contributed by atoms with Crippen LogP contribution in [0.3, 0.4) is 0 Å². The number of benzene rings is 2. The molecule has 0 aliphatic carbocycles. The van der Waals surface area contributed by atoms with Gasteiger partial charge < -0.3 is 9.84 Å². The lowest BCUT2D eigenvalue weighted by molar-refractivity contribution is 0.374. The van der Waals surface area contributed by atoms with E-state index in [9.17, 15) is 9.90 Å². The van der Waals surface area contributed by atoms with Crippen LogP contribution in [0.15, 0.2) is 63.6 Å². The first-order chi connectivity index (χ1) is 12.0. The number of ether oxygens (including phenoxy) is 1. The minimum absolute atomic E-state index is 0.120. The second-order valence-corrected chi connectivity index (χ2v) is 5.44. The van der Waals surface area contributed by atoms with Crippen molar-refractivity contribution in [2.24, 2.45) is 17.3 Å². The average molecular weight is 338 g/mol. The van der Waals surface area contributed by atoms with Crippen molar-refractivity contribution in [3.8, 4) is 17.2 Å². The van der Waals surface area contributed by atoms with E-state index in [4.69, 9.17) is 4.74 Å². The second-order valence-electron chi connectivity index (χ2n) is 5.44. The molecule has 7 nitrogen and oxygen atoms in total. The van der Waals surface area contributed by atoms with Crippen LogP contribution >= 0.6 is 0 Å². The summed E-state index contributed by atoms with van der Waals surface area (Å²) in [5.74, 6) is 0.175. The summed E-state index contributed by atoms with van der Waals surface area (Å²) >= 11 is 0. The van der Waals surface area contributed by atoms with Crippen LogP contribution in [0.25, 0.3) is 5.69 Å². The number of hydrogen-bond acceptors (Lipinski definition) is 5. The summed E-state index contributed by atoms with van der Waals surface area (Å²) in [6.07, 6.45) is 0. The zero-order valence-corrected chi connectivity index (χ0v) is 14.2. The molecule has 0 amide bonds. The fourth-order valence-corrected chi connectivity index (χ4v) is 2.53. The van der Waals surface area contributed by atoms with Gasteiger partial charge in [-0.05, 0) is 31.2 Å². The maximum absolute atomic E-state index is 12.7. The van der Waals surface area contributed by atoms with Crippen LogP contribution in [0.1, 0.15) is 5.69 Å². The third-order valence-electron chi connectivity index (χ3n) is 3.98. The molecule has 25 heavy (non-hydrogen) atoms. The van der Waals surface area contributed by atoms with Crippen molar-refractivity contribution in [1.29, 1.82) is 0 Å². The Morgan fingerprint density at radius 1 is 1.04 bits per heavy atom. The number of phenols is 1. The van der Waals surface area contributed by atoms with Gasteiger partial charge in [0.2, 0.25) is 0 Å². The second kappa shape index (κ2) is 6.64. The number of methoxy groups -OCH3 is 1. The molecule has 0 spiro atoms. The molecule has 3 rings (SSSR count). The Bertz CT molecular complexity index is 988. The highest BCUT2D eigenvalue weighted by Crippen LogP contribution is 2.36. The first kappa shape index (κ1) is 16.5. The van der Waals surface area contributed by atoms with Gasteiger partial charge in [-0.3, -0.25) is 9.48 Å². The van der Waals surface area contributed by atoms with E-state index < -0.39 is 0 Å². The predicted molar refractivity (Wildman–Crippen MR) is 94.6 cm³/mol. The molecule has 3 aromatic rings. The Kier molecular flexibility index (Phi) is 4.38. The summed E-state index contributed by atoms with van der Waals surface area (Å²) in [6.45, 7) is 1.79. The lowest BCUT2D eigenvalue weighted by Crippen LogP contribution is -2.19. The van der Waals surface area contributed by atoms with Crippen LogP contribution in [0, 0.1) is 6.92 Å². The van der Waals surface area contributed by atoms with Crippen molar-refractivity contribution in [3.63, 3.8) is 0 Å². The number of para-hydroxylation sites is 2. The van der Waals surface area contributed by atoms with Crippen molar-refractivity contribution in [3.05, 3.63) is 64.6 Å². The Morgan fingerprint density at radius 2 is 1.76 bits per heavy atom. The molecule has 1 N–H and O–H groups in total. The summed E-state index contributed by atoms with van der Waals surface area (Å²) in [5.41, 5.74) is 1.57. The zero-order chi connectivity index (χ0) is 18.0. The van der Waals surface area contributed by atoms with Gasteiger partial charge in [0.05, 0.1) is 18.5 Å². The van der Waals surface area contributed by atoms with Gasteiger partial charge in [0.15, 0.2) is 17.2 Å². The summed E-state index contributed by atoms with van der Waals surface area (Å²) in [7, 11) is 3.24. The van der Waals surface area contributed by atoms with Gasteiger partial charge in [-0.1, -0.05) is 24.3 Å². The standard InChI is InChI=1S/C18H18N4O3/c1-12-16(20-19-14-10-7-11-15(25-3)17(14)23)18(24)22(21(12)2)13-8-5-4-6-9-13/h4-11,23H,1-3H3. The van der Waals surface area contributed by atoms with Gasteiger partial charge >= 0.3 is 0 Å². The molecule has 1 aromatic heterocycles. The number of hydrogen-bond donors (Lipinski definition) is 1. The molecule has 0 aliphatic rings. The monoisotopic (exact) mass is 338 g/mol. The Labute approximate surface area is 144 Å². The zero-order valence-electron chi connectivity index (χ0n) is 14.2. The topological polar surface area (TPSA) is 81.1 Å². The van der Waals surface area contributed by atoms with Crippen LogP contribution in [-0.4, -0.2) is 21.6 Å². The van der Waals surface area contributed by atoms with Crippen molar-refractivity contribution < 1.29 is 9.84 Å². The van der Waals surface area contributed by atoms with E-state index in [1.54, 1.807) is 36.9 Å². The molecular formula is C18H18N4O3. The molecule has 0 aliphatic heterocycles. The Balaban J connectivity index is 2.07. The van der Waals surface area contributed by atoms with E-state index in [2.05, 4.69) is 10.2 Å². The molecule has 2 aromatic carbocycles. The summed E-state index contributed by atoms with van der Waals surface area (Å²) in [4.78, 5) is 12.7. The normalized spacial score (nSPS) is 11.2. The van der Waals surface area contributed by atoms with Crippen LogP contribution in [0.5, 0.6) is 11.5 Å². The number of aromatic hydroxyl groups is 1. The smallest absolute Gasteiger partial charge is 0.299 e. The molecule has 0 atom stereocenters. The molecule has 1 heterocycles. The molecule has 0 unspecified atom stereocenters. The third kappa shape index (κ3) is 2.91. The first-order valence-electron chi connectivity index (χ1n) is 7.66. The Morgan fingerprint density at radius 3 is 2.44 bits per heavy atom. The number of phenolic OH excluding ortho intramolecular Hbond substituents is 1. The summed E-state index contributed by atoms with van der Waals surface area (Å²) in [5, 5.41) is 18.2. The van der Waals surface area contributed by atoms with Gasteiger partial charge in [-0.15, -0.1) is 10.2 Å². The van der Waals surface area contributed by atoms with E-state index in [1.807, 2.05) is 30.3 Å². The minimum atomic E-state index is -0.280. The summed E-state index contributed by atoms with van der Waals surface area (Å²) in [6, 6.07) is 14.2. The van der Waals surface area contributed by atoms with Crippen LogP contribution < -0.4 is 10.3 Å². The molecule has 0 saturated heterocycles. The van der Waals surface area contributed by atoms with Gasteiger partial charge in [-0.2, -0.15) is 0 Å². The maximum atomic E-state index is 12.7. The highest BCUT2D eigenvalue weighted by Gasteiger charge is 2.16. The first-order valence-corrected chi connectivity index (χ1v) is 7.66. The molecule has 0 saturated carbocycles. The SMILES string of the molecule is COc1cccc(N=Nc2c(C)n(C)n(-c3ccccc3)c2=O)c1O. The molecule has 0 fully saturated rings. The fraction of sp³-hybridized carbons (Fsp3) is 0.167. The lowest BCUT2D eigenvalue weighted by Gasteiger charge is -2.07. The highest BCUT2D eigenvalue weighted by atomic mass is 16.5. The molecule has 128 valence electrons. The molecule has 0 bridgehead atoms. The third-order valence-corrected chi connectivity index (χ3v) is 3.98. The number of azo groups is 1. The lowest BCUT2D eigenvalue weighted by atomic mass is 10.3. The largest absolute Gasteiger partial charge is 0.503 e. The molecular weight excluding hydrogens is 320 g/mol. The molecule has 0 radical (unpaired) electrons. The Hall–Kier alpha value is -3.35. The predicted octanol–water partition coefficient (Wildman–Crippen LogP) is 3.61. The molecule has 7 heteroatoms. The number of rotatable bonds is 4. The van der Waals surface area contributed by atoms with E-state index in [0.717, 1.165) is 5.69 Å². The fourth-order valence-electron chi connectivity index (χ4n) is 2.53. The minimum Gasteiger partial charge on any atom is -0.503 e. The van der Waals surface area contributed by atoms with E-state index in [-0.39, 0.29) is 22.7 Å². The van der Waals surface area contributed by atoms with Gasteiger partial charge in [0.25, 0.3) is 5.56 Å². The quantitative estimate of drug-likeness (QED) is 0.738. The van der Waals surface area contributed by atoms with Gasteiger partial charge in [0, 0.05) is 7.05 Å². The van der Waals surface area contributed by atoms with Crippen LogP contribution in [0.4, 0.5) is 11.4 Å². The maximum Gasteiger partial charge on any atom is 0.299 e. The number of aromatic nitrogens is 2. The van der Waals surface area contributed by atoms with E-state index in [1.165, 1.54) is 11.8 Å². The van der Waals surface area contributed by atoms with Crippen molar-refractivity contribution in [2.45, 2.75) is 6.92 Å². The van der Waals surface area contributed by atoms with E-state index >= 15 is 0 Å². The van der Waals surface area contributed by atoms with Crippen molar-refractivity contribution >= 4 is 11.4 Å². The van der Waals surface area contributed by atoms with Crippen LogP contribution in [0.2, 0.25) is 0 Å². The van der Waals surface area contributed by atoms with Crippen molar-refractivity contribution in [1.82, 2.24) is 9.36 Å². The summed E-state index contributed by atoms with van der Waals surface area (Å²) < 4.78 is 8.29. The highest BCUT2D eigenvalue weighted by molar-refractivity contribution is 5.58.